The monoisotopic (exact) mass is 413 g/mol. The molecule has 0 atom stereocenters. The van der Waals surface area contributed by atoms with Gasteiger partial charge in [-0.15, -0.1) is 0 Å². The Morgan fingerprint density at radius 1 is 0.871 bits per heavy atom. The number of aromatic amines is 1. The number of aromatic nitrogens is 1. The smallest absolute Gasteiger partial charge is 0.253 e. The maximum atomic E-state index is 12.7. The van der Waals surface area contributed by atoms with Crippen LogP contribution in [0.25, 0.3) is 16.8 Å². The van der Waals surface area contributed by atoms with Crippen LogP contribution < -0.4 is 5.32 Å². The molecule has 0 saturated carbocycles. The van der Waals surface area contributed by atoms with Gasteiger partial charge in [-0.25, -0.2) is 0 Å². The Morgan fingerprint density at radius 3 is 2.23 bits per heavy atom. The highest BCUT2D eigenvalue weighted by molar-refractivity contribution is 5.95. The summed E-state index contributed by atoms with van der Waals surface area (Å²) in [7, 11) is 0. The summed E-state index contributed by atoms with van der Waals surface area (Å²) in [5, 5.41) is 3.47. The molecule has 31 heavy (non-hydrogen) atoms. The number of hydrogen-bond donors (Lipinski definition) is 2. The maximum absolute atomic E-state index is 12.7. The molecule has 1 aromatic heterocycles. The van der Waals surface area contributed by atoms with Gasteiger partial charge in [0, 0.05) is 30.5 Å². The SMILES string of the molecule is CCN(CC)C(=O)c1ccc(C(=C2CCNCC2)c2cccc(-c3ccc[nH]3)c2)cc1. The van der Waals surface area contributed by atoms with Crippen molar-refractivity contribution in [3.05, 3.63) is 89.1 Å². The van der Waals surface area contributed by atoms with Gasteiger partial charge >= 0.3 is 0 Å². The van der Waals surface area contributed by atoms with E-state index in [9.17, 15) is 4.79 Å². The molecule has 2 N–H and O–H groups in total. The zero-order chi connectivity index (χ0) is 21.6. The molecule has 0 bridgehead atoms. The topological polar surface area (TPSA) is 48.1 Å². The van der Waals surface area contributed by atoms with E-state index in [1.165, 1.54) is 27.8 Å². The minimum atomic E-state index is 0.0985. The highest BCUT2D eigenvalue weighted by atomic mass is 16.2. The highest BCUT2D eigenvalue weighted by Crippen LogP contribution is 2.33. The van der Waals surface area contributed by atoms with Crippen LogP contribution in [-0.2, 0) is 0 Å². The Balaban J connectivity index is 1.74. The lowest BCUT2D eigenvalue weighted by atomic mass is 9.87. The fourth-order valence-corrected chi connectivity index (χ4v) is 4.38. The van der Waals surface area contributed by atoms with Gasteiger partial charge in [0.1, 0.15) is 0 Å². The number of hydrogen-bond acceptors (Lipinski definition) is 2. The van der Waals surface area contributed by atoms with E-state index in [0.29, 0.717) is 0 Å². The second kappa shape index (κ2) is 9.80. The number of carbonyl (C=O) groups excluding carboxylic acids is 1. The summed E-state index contributed by atoms with van der Waals surface area (Å²) in [5.74, 6) is 0.0985. The Kier molecular flexibility index (Phi) is 6.68. The number of H-pyrrole nitrogens is 1. The van der Waals surface area contributed by atoms with Crippen molar-refractivity contribution in [2.75, 3.05) is 26.2 Å². The largest absolute Gasteiger partial charge is 0.361 e. The Labute approximate surface area is 185 Å². The fourth-order valence-electron chi connectivity index (χ4n) is 4.38. The van der Waals surface area contributed by atoms with Gasteiger partial charge in [-0.05, 0) is 92.4 Å². The quantitative estimate of drug-likeness (QED) is 0.572. The zero-order valence-corrected chi connectivity index (χ0v) is 18.4. The van der Waals surface area contributed by atoms with Gasteiger partial charge in [-0.3, -0.25) is 4.79 Å². The van der Waals surface area contributed by atoms with E-state index in [2.05, 4.69) is 52.8 Å². The summed E-state index contributed by atoms with van der Waals surface area (Å²) >= 11 is 0. The molecule has 0 unspecified atom stereocenters. The number of piperidine rings is 1. The number of amides is 1. The molecule has 0 aliphatic carbocycles. The lowest BCUT2D eigenvalue weighted by molar-refractivity contribution is 0.0773. The second-order valence-corrected chi connectivity index (χ2v) is 7.95. The Morgan fingerprint density at radius 2 is 1.58 bits per heavy atom. The molecular weight excluding hydrogens is 382 g/mol. The molecule has 4 rings (SSSR count). The van der Waals surface area contributed by atoms with Crippen molar-refractivity contribution in [1.29, 1.82) is 0 Å². The predicted molar refractivity (Wildman–Crippen MR) is 128 cm³/mol. The normalized spacial score (nSPS) is 13.8. The van der Waals surface area contributed by atoms with Gasteiger partial charge in [-0.1, -0.05) is 35.9 Å². The fraction of sp³-hybridized carbons (Fsp3) is 0.296. The van der Waals surface area contributed by atoms with E-state index in [1.54, 1.807) is 0 Å². The van der Waals surface area contributed by atoms with Gasteiger partial charge in [0.15, 0.2) is 0 Å². The van der Waals surface area contributed by atoms with Gasteiger partial charge < -0.3 is 15.2 Å². The van der Waals surface area contributed by atoms with Crippen molar-refractivity contribution in [3.63, 3.8) is 0 Å². The average Bonchev–Trinajstić information content (AvgIpc) is 3.37. The van der Waals surface area contributed by atoms with Crippen molar-refractivity contribution in [2.24, 2.45) is 0 Å². The van der Waals surface area contributed by atoms with Crippen LogP contribution in [0.5, 0.6) is 0 Å². The van der Waals surface area contributed by atoms with Crippen LogP contribution in [0.1, 0.15) is 48.2 Å². The van der Waals surface area contributed by atoms with Crippen molar-refractivity contribution in [2.45, 2.75) is 26.7 Å². The first kappa shape index (κ1) is 21.1. The number of benzene rings is 2. The first-order valence-corrected chi connectivity index (χ1v) is 11.3. The molecule has 1 amide bonds. The van der Waals surface area contributed by atoms with E-state index >= 15 is 0 Å². The molecule has 2 heterocycles. The molecule has 160 valence electrons. The van der Waals surface area contributed by atoms with Crippen LogP contribution in [0.2, 0.25) is 0 Å². The molecule has 1 fully saturated rings. The van der Waals surface area contributed by atoms with Crippen LogP contribution in [0, 0.1) is 0 Å². The average molecular weight is 414 g/mol. The third-order valence-electron chi connectivity index (χ3n) is 6.09. The molecule has 1 saturated heterocycles. The number of nitrogens with zero attached hydrogens (tertiary/aromatic N) is 1. The lowest BCUT2D eigenvalue weighted by Crippen LogP contribution is -2.30. The van der Waals surface area contributed by atoms with Crippen LogP contribution >= 0.6 is 0 Å². The van der Waals surface area contributed by atoms with E-state index in [4.69, 9.17) is 0 Å². The van der Waals surface area contributed by atoms with Gasteiger partial charge in [0.25, 0.3) is 5.91 Å². The summed E-state index contributed by atoms with van der Waals surface area (Å²) in [6, 6.07) is 21.1. The van der Waals surface area contributed by atoms with Crippen LogP contribution in [-0.4, -0.2) is 42.0 Å². The van der Waals surface area contributed by atoms with Crippen LogP contribution in [0.4, 0.5) is 0 Å². The van der Waals surface area contributed by atoms with Crippen LogP contribution in [0.15, 0.2) is 72.4 Å². The lowest BCUT2D eigenvalue weighted by Gasteiger charge is -2.22. The molecular formula is C27H31N3O. The van der Waals surface area contributed by atoms with E-state index in [-0.39, 0.29) is 5.91 Å². The minimum absolute atomic E-state index is 0.0985. The number of nitrogens with one attached hydrogen (secondary N) is 2. The Hall–Kier alpha value is -3.11. The molecule has 0 radical (unpaired) electrons. The predicted octanol–water partition coefficient (Wildman–Crippen LogP) is 5.35. The van der Waals surface area contributed by atoms with Crippen LogP contribution in [0.3, 0.4) is 0 Å². The standard InChI is InChI=1S/C27H31N3O/c1-3-30(4-2)27(31)22-12-10-20(11-13-22)26(21-14-17-28-18-15-21)24-8-5-7-23(19-24)25-9-6-16-29-25/h5-13,16,19,28-29H,3-4,14-15,17-18H2,1-2H3. The first-order chi connectivity index (χ1) is 15.2. The van der Waals surface area contributed by atoms with E-state index < -0.39 is 0 Å². The van der Waals surface area contributed by atoms with E-state index in [1.807, 2.05) is 43.1 Å². The molecule has 1 aliphatic heterocycles. The highest BCUT2D eigenvalue weighted by Gasteiger charge is 2.17. The maximum Gasteiger partial charge on any atom is 0.253 e. The third-order valence-corrected chi connectivity index (χ3v) is 6.09. The van der Waals surface area contributed by atoms with Crippen molar-refractivity contribution in [3.8, 4) is 11.3 Å². The summed E-state index contributed by atoms with van der Waals surface area (Å²) in [4.78, 5) is 17.9. The Bertz CT molecular complexity index is 1040. The summed E-state index contributed by atoms with van der Waals surface area (Å²) in [6.45, 7) is 7.51. The number of carbonyl (C=O) groups is 1. The molecule has 0 spiro atoms. The second-order valence-electron chi connectivity index (χ2n) is 7.95. The zero-order valence-electron chi connectivity index (χ0n) is 18.4. The summed E-state index contributed by atoms with van der Waals surface area (Å²) in [6.07, 6.45) is 4.05. The number of rotatable bonds is 6. The molecule has 4 heteroatoms. The summed E-state index contributed by atoms with van der Waals surface area (Å²) in [5.41, 5.74) is 8.24. The molecule has 4 nitrogen and oxygen atoms in total. The van der Waals surface area contributed by atoms with Crippen molar-refractivity contribution in [1.82, 2.24) is 15.2 Å². The van der Waals surface area contributed by atoms with E-state index in [0.717, 1.165) is 50.3 Å². The van der Waals surface area contributed by atoms with Gasteiger partial charge in [0.05, 0.1) is 0 Å². The van der Waals surface area contributed by atoms with Gasteiger partial charge in [-0.2, -0.15) is 0 Å². The van der Waals surface area contributed by atoms with Crippen molar-refractivity contribution < 1.29 is 4.79 Å². The molecule has 2 aromatic carbocycles. The molecule has 1 aliphatic rings. The van der Waals surface area contributed by atoms with Crippen molar-refractivity contribution >= 4 is 11.5 Å². The third kappa shape index (κ3) is 4.64. The molecule has 3 aromatic rings. The van der Waals surface area contributed by atoms with Gasteiger partial charge in [0.2, 0.25) is 0 Å². The summed E-state index contributed by atoms with van der Waals surface area (Å²) < 4.78 is 0. The first-order valence-electron chi connectivity index (χ1n) is 11.3. The minimum Gasteiger partial charge on any atom is -0.361 e.